The predicted molar refractivity (Wildman–Crippen MR) is 87.6 cm³/mol. The van der Waals surface area contributed by atoms with E-state index in [0.29, 0.717) is 23.6 Å². The number of nitrogens with one attached hydrogen (secondary N) is 1. The minimum Gasteiger partial charge on any atom is -0.370 e. The van der Waals surface area contributed by atoms with Gasteiger partial charge in [-0.15, -0.1) is 0 Å². The third kappa shape index (κ3) is 4.33. The fourth-order valence-corrected chi connectivity index (χ4v) is 2.27. The highest BCUT2D eigenvalue weighted by Crippen LogP contribution is 2.25. The van der Waals surface area contributed by atoms with E-state index in [1.807, 2.05) is 36.4 Å². The molecule has 0 aromatic heterocycles. The monoisotopic (exact) mass is 316 g/mol. The molecule has 5 heteroatoms. The van der Waals surface area contributed by atoms with Crippen LogP contribution in [0, 0.1) is 0 Å². The minimum atomic E-state index is -0.377. The lowest BCUT2D eigenvalue weighted by molar-refractivity contribution is -0.118. The summed E-state index contributed by atoms with van der Waals surface area (Å²) >= 11 is 6.11. The summed E-state index contributed by atoms with van der Waals surface area (Å²) in [5.74, 6) is -0.634. The molecule has 114 valence electrons. The number of nitrogens with two attached hydrogens (primary N) is 1. The summed E-state index contributed by atoms with van der Waals surface area (Å²) < 4.78 is 0. The smallest absolute Gasteiger partial charge is 0.252 e. The lowest BCUT2D eigenvalue weighted by atomic mass is 10.0. The molecular weight excluding hydrogens is 300 g/mol. The zero-order valence-electron chi connectivity index (χ0n) is 12.0. The van der Waals surface area contributed by atoms with Gasteiger partial charge in [-0.25, -0.2) is 0 Å². The van der Waals surface area contributed by atoms with Crippen molar-refractivity contribution < 1.29 is 9.59 Å². The molecule has 2 rings (SSSR count). The Hall–Kier alpha value is -2.33. The molecule has 0 radical (unpaired) electrons. The molecular formula is C17H17ClN2O2. The van der Waals surface area contributed by atoms with Gasteiger partial charge in [0.2, 0.25) is 5.91 Å². The Labute approximate surface area is 134 Å². The van der Waals surface area contributed by atoms with E-state index in [1.54, 1.807) is 12.1 Å². The Morgan fingerprint density at radius 2 is 1.77 bits per heavy atom. The van der Waals surface area contributed by atoms with Crippen LogP contribution in [0.25, 0.3) is 11.1 Å². The summed E-state index contributed by atoms with van der Waals surface area (Å²) in [4.78, 5) is 22.8. The number of halogens is 1. The molecule has 3 N–H and O–H groups in total. The number of amides is 2. The Kier molecular flexibility index (Phi) is 5.55. The maximum atomic E-state index is 12.2. The SMILES string of the molecule is NC(=O)CCCNC(=O)c1cc(-c2ccccc2)ccc1Cl. The lowest BCUT2D eigenvalue weighted by Crippen LogP contribution is -2.25. The average molecular weight is 317 g/mol. The number of carbonyl (C=O) groups is 2. The van der Waals surface area contributed by atoms with Gasteiger partial charge < -0.3 is 11.1 Å². The van der Waals surface area contributed by atoms with Crippen LogP contribution in [0.15, 0.2) is 48.5 Å². The van der Waals surface area contributed by atoms with Crippen molar-refractivity contribution in [3.8, 4) is 11.1 Å². The average Bonchev–Trinajstić information content (AvgIpc) is 2.52. The van der Waals surface area contributed by atoms with Crippen molar-refractivity contribution in [1.29, 1.82) is 0 Å². The maximum absolute atomic E-state index is 12.2. The van der Waals surface area contributed by atoms with E-state index >= 15 is 0 Å². The number of hydrogen-bond donors (Lipinski definition) is 2. The molecule has 2 aromatic carbocycles. The lowest BCUT2D eigenvalue weighted by Gasteiger charge is -2.09. The van der Waals surface area contributed by atoms with E-state index in [0.717, 1.165) is 11.1 Å². The van der Waals surface area contributed by atoms with Crippen molar-refractivity contribution in [1.82, 2.24) is 5.32 Å². The molecule has 0 atom stereocenters. The molecule has 0 spiro atoms. The van der Waals surface area contributed by atoms with E-state index in [1.165, 1.54) is 0 Å². The van der Waals surface area contributed by atoms with Gasteiger partial charge >= 0.3 is 0 Å². The van der Waals surface area contributed by atoms with Crippen LogP contribution in [0.3, 0.4) is 0 Å². The number of benzene rings is 2. The van der Waals surface area contributed by atoms with E-state index in [4.69, 9.17) is 17.3 Å². The summed E-state index contributed by atoms with van der Waals surface area (Å²) in [6.45, 7) is 0.383. The predicted octanol–water partition coefficient (Wildman–Crippen LogP) is 3.00. The summed E-state index contributed by atoms with van der Waals surface area (Å²) in [6.07, 6.45) is 0.759. The standard InChI is InChI=1S/C17H17ClN2O2/c18-15-9-8-13(12-5-2-1-3-6-12)11-14(15)17(22)20-10-4-7-16(19)21/h1-3,5-6,8-9,11H,4,7,10H2,(H2,19,21)(H,20,22). The highest BCUT2D eigenvalue weighted by Gasteiger charge is 2.11. The molecule has 0 aliphatic rings. The van der Waals surface area contributed by atoms with E-state index < -0.39 is 0 Å². The van der Waals surface area contributed by atoms with Gasteiger partial charge in [0.25, 0.3) is 5.91 Å². The van der Waals surface area contributed by atoms with Gasteiger partial charge in [0.1, 0.15) is 0 Å². The molecule has 0 saturated carbocycles. The Morgan fingerprint density at radius 3 is 2.45 bits per heavy atom. The maximum Gasteiger partial charge on any atom is 0.252 e. The van der Waals surface area contributed by atoms with Gasteiger partial charge in [-0.05, 0) is 29.7 Å². The largest absolute Gasteiger partial charge is 0.370 e. The molecule has 2 amide bonds. The second kappa shape index (κ2) is 7.61. The van der Waals surface area contributed by atoms with Crippen molar-refractivity contribution >= 4 is 23.4 Å². The van der Waals surface area contributed by atoms with Crippen LogP contribution in [0.1, 0.15) is 23.2 Å². The van der Waals surface area contributed by atoms with Crippen molar-refractivity contribution in [3.05, 3.63) is 59.1 Å². The molecule has 2 aromatic rings. The van der Waals surface area contributed by atoms with Crippen LogP contribution in [0.5, 0.6) is 0 Å². The first-order valence-corrected chi connectivity index (χ1v) is 7.37. The first-order chi connectivity index (χ1) is 10.6. The van der Waals surface area contributed by atoms with Crippen LogP contribution in [-0.2, 0) is 4.79 Å². The number of rotatable bonds is 6. The van der Waals surface area contributed by atoms with Crippen LogP contribution in [0.2, 0.25) is 5.02 Å². The zero-order chi connectivity index (χ0) is 15.9. The summed E-state index contributed by atoms with van der Waals surface area (Å²) in [7, 11) is 0. The first-order valence-electron chi connectivity index (χ1n) is 6.99. The van der Waals surface area contributed by atoms with Crippen LogP contribution < -0.4 is 11.1 Å². The van der Waals surface area contributed by atoms with Gasteiger partial charge in [0, 0.05) is 13.0 Å². The van der Waals surface area contributed by atoms with Gasteiger partial charge in [-0.1, -0.05) is 48.0 Å². The molecule has 0 fully saturated rings. The van der Waals surface area contributed by atoms with Crippen LogP contribution in [-0.4, -0.2) is 18.4 Å². The molecule has 0 heterocycles. The third-order valence-electron chi connectivity index (χ3n) is 3.20. The quantitative estimate of drug-likeness (QED) is 0.804. The first kappa shape index (κ1) is 16.0. The van der Waals surface area contributed by atoms with Gasteiger partial charge in [-0.2, -0.15) is 0 Å². The molecule has 4 nitrogen and oxygen atoms in total. The highest BCUT2D eigenvalue weighted by molar-refractivity contribution is 6.34. The number of carbonyl (C=O) groups excluding carboxylic acids is 2. The molecule has 22 heavy (non-hydrogen) atoms. The molecule has 0 bridgehead atoms. The number of hydrogen-bond acceptors (Lipinski definition) is 2. The summed E-state index contributed by atoms with van der Waals surface area (Å²) in [5.41, 5.74) is 7.41. The third-order valence-corrected chi connectivity index (χ3v) is 3.53. The normalized spacial score (nSPS) is 10.2. The summed E-state index contributed by atoms with van der Waals surface area (Å²) in [6, 6.07) is 15.1. The van der Waals surface area contributed by atoms with E-state index in [-0.39, 0.29) is 18.2 Å². The van der Waals surface area contributed by atoms with E-state index in [2.05, 4.69) is 5.32 Å². The fourth-order valence-electron chi connectivity index (χ4n) is 2.07. The van der Waals surface area contributed by atoms with Crippen molar-refractivity contribution in [2.24, 2.45) is 5.73 Å². The zero-order valence-corrected chi connectivity index (χ0v) is 12.8. The Morgan fingerprint density at radius 1 is 1.05 bits per heavy atom. The molecule has 0 saturated heterocycles. The van der Waals surface area contributed by atoms with Gasteiger partial charge in [-0.3, -0.25) is 9.59 Å². The highest BCUT2D eigenvalue weighted by atomic mass is 35.5. The molecule has 0 aliphatic carbocycles. The van der Waals surface area contributed by atoms with Gasteiger partial charge in [0.15, 0.2) is 0 Å². The van der Waals surface area contributed by atoms with Crippen LogP contribution >= 0.6 is 11.6 Å². The molecule has 0 aliphatic heterocycles. The Balaban J connectivity index is 2.10. The fraction of sp³-hybridized carbons (Fsp3) is 0.176. The topological polar surface area (TPSA) is 72.2 Å². The number of primary amides is 1. The second-order valence-corrected chi connectivity index (χ2v) is 5.29. The van der Waals surface area contributed by atoms with Crippen LogP contribution in [0.4, 0.5) is 0 Å². The second-order valence-electron chi connectivity index (χ2n) is 4.89. The van der Waals surface area contributed by atoms with Crippen molar-refractivity contribution in [2.45, 2.75) is 12.8 Å². The Bertz CT molecular complexity index is 672. The van der Waals surface area contributed by atoms with Gasteiger partial charge in [0.05, 0.1) is 10.6 Å². The molecule has 0 unspecified atom stereocenters. The van der Waals surface area contributed by atoms with Crippen molar-refractivity contribution in [3.63, 3.8) is 0 Å². The van der Waals surface area contributed by atoms with Crippen molar-refractivity contribution in [2.75, 3.05) is 6.54 Å². The van der Waals surface area contributed by atoms with E-state index in [9.17, 15) is 9.59 Å². The minimum absolute atomic E-state index is 0.248. The summed E-state index contributed by atoms with van der Waals surface area (Å²) in [5, 5.41) is 3.14.